The van der Waals surface area contributed by atoms with Crippen LogP contribution in [0.15, 0.2) is 0 Å². The summed E-state index contributed by atoms with van der Waals surface area (Å²) in [6.45, 7) is 11.3. The van der Waals surface area contributed by atoms with Crippen molar-refractivity contribution in [2.45, 2.75) is 46.1 Å². The Kier molecular flexibility index (Phi) is 7.82. The maximum absolute atomic E-state index is 5.65. The van der Waals surface area contributed by atoms with Gasteiger partial charge in [-0.2, -0.15) is 0 Å². The Bertz CT molecular complexity index is 179. The van der Waals surface area contributed by atoms with Gasteiger partial charge in [-0.15, -0.1) is 0 Å². The van der Waals surface area contributed by atoms with Gasteiger partial charge in [0.1, 0.15) is 0 Å². The number of rotatable bonds is 9. The van der Waals surface area contributed by atoms with E-state index in [9.17, 15) is 0 Å². The maximum Gasteiger partial charge on any atom is 0.0591 e. The normalized spacial score (nSPS) is 22.2. The molecule has 1 aliphatic rings. The van der Waals surface area contributed by atoms with Crippen molar-refractivity contribution in [2.24, 2.45) is 11.8 Å². The fourth-order valence-electron chi connectivity index (χ4n) is 2.03. The van der Waals surface area contributed by atoms with E-state index in [0.717, 1.165) is 45.3 Å². The second kappa shape index (κ2) is 8.90. The van der Waals surface area contributed by atoms with E-state index < -0.39 is 0 Å². The van der Waals surface area contributed by atoms with Gasteiger partial charge in [-0.05, 0) is 32.1 Å². The highest BCUT2D eigenvalue weighted by Crippen LogP contribution is 2.12. The predicted molar refractivity (Wildman–Crippen MR) is 71.3 cm³/mol. The molecule has 3 heteroatoms. The van der Waals surface area contributed by atoms with Crippen molar-refractivity contribution in [3.63, 3.8) is 0 Å². The van der Waals surface area contributed by atoms with Crippen LogP contribution in [0.4, 0.5) is 0 Å². The van der Waals surface area contributed by atoms with E-state index in [0.29, 0.717) is 12.0 Å². The van der Waals surface area contributed by atoms with Gasteiger partial charge in [-0.25, -0.2) is 0 Å². The average molecular weight is 243 g/mol. The molecule has 0 saturated carbocycles. The summed E-state index contributed by atoms with van der Waals surface area (Å²) in [6.07, 6.45) is 3.72. The van der Waals surface area contributed by atoms with Crippen LogP contribution in [0, 0.1) is 11.8 Å². The Morgan fingerprint density at radius 2 is 2.12 bits per heavy atom. The zero-order valence-electron chi connectivity index (χ0n) is 11.7. The minimum absolute atomic E-state index is 0.607. The summed E-state index contributed by atoms with van der Waals surface area (Å²) in [6, 6.07) is 0.607. The minimum atomic E-state index is 0.607. The second-order valence-electron chi connectivity index (χ2n) is 5.63. The van der Waals surface area contributed by atoms with Crippen molar-refractivity contribution in [3.8, 4) is 0 Å². The van der Waals surface area contributed by atoms with Crippen LogP contribution in [-0.4, -0.2) is 39.0 Å². The van der Waals surface area contributed by atoms with Crippen LogP contribution in [0.5, 0.6) is 0 Å². The lowest BCUT2D eigenvalue weighted by molar-refractivity contribution is 0.0901. The Morgan fingerprint density at radius 3 is 2.76 bits per heavy atom. The van der Waals surface area contributed by atoms with E-state index >= 15 is 0 Å². The second-order valence-corrected chi connectivity index (χ2v) is 5.63. The van der Waals surface area contributed by atoms with E-state index in [1.54, 1.807) is 0 Å². The van der Waals surface area contributed by atoms with Gasteiger partial charge in [0.25, 0.3) is 0 Å². The third kappa shape index (κ3) is 7.74. The lowest BCUT2D eigenvalue weighted by Crippen LogP contribution is -2.30. The molecule has 2 atom stereocenters. The minimum Gasteiger partial charge on any atom is -0.381 e. The standard InChI is InChI=1S/C14H29NO2/c1-12(2)4-5-13(3)15-7-9-17-11-14-6-8-16-10-14/h12-15H,4-11H2,1-3H3. The van der Waals surface area contributed by atoms with Crippen molar-refractivity contribution in [1.29, 1.82) is 0 Å². The van der Waals surface area contributed by atoms with Crippen LogP contribution in [0.1, 0.15) is 40.0 Å². The molecule has 0 amide bonds. The molecule has 1 fully saturated rings. The summed E-state index contributed by atoms with van der Waals surface area (Å²) in [5, 5.41) is 3.51. The van der Waals surface area contributed by atoms with E-state index in [1.807, 2.05) is 0 Å². The Balaban J connectivity index is 1.85. The Morgan fingerprint density at radius 1 is 1.29 bits per heavy atom. The molecule has 17 heavy (non-hydrogen) atoms. The molecule has 0 aliphatic carbocycles. The third-order valence-corrected chi connectivity index (χ3v) is 3.29. The molecular formula is C14H29NO2. The first-order valence-electron chi connectivity index (χ1n) is 7.07. The summed E-state index contributed by atoms with van der Waals surface area (Å²) in [4.78, 5) is 0. The maximum atomic E-state index is 5.65. The molecule has 1 N–H and O–H groups in total. The summed E-state index contributed by atoms with van der Waals surface area (Å²) in [7, 11) is 0. The van der Waals surface area contributed by atoms with E-state index in [-0.39, 0.29) is 0 Å². The number of hydrogen-bond donors (Lipinski definition) is 1. The first-order valence-corrected chi connectivity index (χ1v) is 7.07. The van der Waals surface area contributed by atoms with Gasteiger partial charge >= 0.3 is 0 Å². The zero-order valence-corrected chi connectivity index (χ0v) is 11.7. The van der Waals surface area contributed by atoms with Gasteiger partial charge in [0.2, 0.25) is 0 Å². The number of ether oxygens (including phenoxy) is 2. The van der Waals surface area contributed by atoms with Gasteiger partial charge in [0.05, 0.1) is 19.8 Å². The van der Waals surface area contributed by atoms with Crippen LogP contribution >= 0.6 is 0 Å². The molecule has 1 aliphatic heterocycles. The lowest BCUT2D eigenvalue weighted by atomic mass is 10.0. The monoisotopic (exact) mass is 243 g/mol. The van der Waals surface area contributed by atoms with E-state index in [2.05, 4.69) is 26.1 Å². The van der Waals surface area contributed by atoms with Crippen LogP contribution in [0.25, 0.3) is 0 Å². The zero-order chi connectivity index (χ0) is 12.5. The van der Waals surface area contributed by atoms with Crippen LogP contribution in [0.2, 0.25) is 0 Å². The van der Waals surface area contributed by atoms with Gasteiger partial charge in [-0.1, -0.05) is 13.8 Å². The van der Waals surface area contributed by atoms with Crippen LogP contribution in [0.3, 0.4) is 0 Å². The van der Waals surface area contributed by atoms with Crippen molar-refractivity contribution < 1.29 is 9.47 Å². The summed E-state index contributed by atoms with van der Waals surface area (Å²) < 4.78 is 11.0. The SMILES string of the molecule is CC(C)CCC(C)NCCOCC1CCOC1. The highest BCUT2D eigenvalue weighted by molar-refractivity contribution is 4.64. The average Bonchev–Trinajstić information content (AvgIpc) is 2.79. The lowest BCUT2D eigenvalue weighted by Gasteiger charge is -2.15. The molecule has 3 nitrogen and oxygen atoms in total. The van der Waals surface area contributed by atoms with Gasteiger partial charge in [0, 0.05) is 25.1 Å². The molecule has 102 valence electrons. The van der Waals surface area contributed by atoms with Crippen LogP contribution in [-0.2, 0) is 9.47 Å². The van der Waals surface area contributed by atoms with Crippen molar-refractivity contribution in [1.82, 2.24) is 5.32 Å². The highest BCUT2D eigenvalue weighted by atomic mass is 16.5. The van der Waals surface area contributed by atoms with Crippen molar-refractivity contribution >= 4 is 0 Å². The molecule has 0 spiro atoms. The Labute approximate surface area is 106 Å². The predicted octanol–water partition coefficient (Wildman–Crippen LogP) is 2.45. The third-order valence-electron chi connectivity index (χ3n) is 3.29. The summed E-state index contributed by atoms with van der Waals surface area (Å²) >= 11 is 0. The molecule has 0 aromatic heterocycles. The van der Waals surface area contributed by atoms with Gasteiger partial charge < -0.3 is 14.8 Å². The molecule has 1 saturated heterocycles. The van der Waals surface area contributed by atoms with Crippen molar-refractivity contribution in [2.75, 3.05) is 33.0 Å². The fraction of sp³-hybridized carbons (Fsp3) is 1.00. The van der Waals surface area contributed by atoms with Gasteiger partial charge in [-0.3, -0.25) is 0 Å². The summed E-state index contributed by atoms with van der Waals surface area (Å²) in [5.74, 6) is 1.44. The van der Waals surface area contributed by atoms with E-state index in [4.69, 9.17) is 9.47 Å². The first-order chi connectivity index (χ1) is 8.18. The van der Waals surface area contributed by atoms with E-state index in [1.165, 1.54) is 12.8 Å². The molecule has 1 heterocycles. The fourth-order valence-corrected chi connectivity index (χ4v) is 2.03. The van der Waals surface area contributed by atoms with Crippen molar-refractivity contribution in [3.05, 3.63) is 0 Å². The molecular weight excluding hydrogens is 214 g/mol. The summed E-state index contributed by atoms with van der Waals surface area (Å²) in [5.41, 5.74) is 0. The quantitative estimate of drug-likeness (QED) is 0.631. The molecule has 0 bridgehead atoms. The number of hydrogen-bond acceptors (Lipinski definition) is 3. The topological polar surface area (TPSA) is 30.5 Å². The highest BCUT2D eigenvalue weighted by Gasteiger charge is 2.15. The smallest absolute Gasteiger partial charge is 0.0591 e. The molecule has 2 unspecified atom stereocenters. The molecule has 0 radical (unpaired) electrons. The molecule has 0 aromatic rings. The number of nitrogens with one attached hydrogen (secondary N) is 1. The molecule has 0 aromatic carbocycles. The van der Waals surface area contributed by atoms with Crippen LogP contribution < -0.4 is 5.32 Å². The first kappa shape index (κ1) is 14.9. The van der Waals surface area contributed by atoms with Gasteiger partial charge in [0.15, 0.2) is 0 Å². The molecule has 1 rings (SSSR count). The largest absolute Gasteiger partial charge is 0.381 e. The Hall–Kier alpha value is -0.120.